The van der Waals surface area contributed by atoms with Gasteiger partial charge in [-0.25, -0.2) is 9.07 Å². The number of amides is 2. The summed E-state index contributed by atoms with van der Waals surface area (Å²) >= 11 is 0. The Bertz CT molecular complexity index is 924. The predicted octanol–water partition coefficient (Wildman–Crippen LogP) is 1.27. The van der Waals surface area contributed by atoms with E-state index in [4.69, 9.17) is 5.73 Å². The quantitative estimate of drug-likeness (QED) is 0.766. The molecule has 0 aliphatic carbocycles. The Labute approximate surface area is 174 Å². The fraction of sp³-hybridized carbons (Fsp3) is 0.524. The monoisotopic (exact) mass is 414 g/mol. The second-order valence-corrected chi connectivity index (χ2v) is 8.13. The van der Waals surface area contributed by atoms with Crippen LogP contribution in [0.1, 0.15) is 53.3 Å². The maximum atomic E-state index is 13.7. The number of primary amides is 1. The molecule has 2 aliphatic rings. The van der Waals surface area contributed by atoms with E-state index in [9.17, 15) is 14.0 Å². The summed E-state index contributed by atoms with van der Waals surface area (Å²) in [6, 6.07) is 6.37. The minimum atomic E-state index is -0.374. The highest BCUT2D eigenvalue weighted by Gasteiger charge is 2.33. The summed E-state index contributed by atoms with van der Waals surface area (Å²) in [6.45, 7) is 2.96. The number of hydrogen-bond donors (Lipinski definition) is 2. The Morgan fingerprint density at radius 3 is 2.77 bits per heavy atom. The largest absolute Gasteiger partial charge is 0.369 e. The number of benzene rings is 1. The van der Waals surface area contributed by atoms with Gasteiger partial charge in [0.2, 0.25) is 5.91 Å². The highest BCUT2D eigenvalue weighted by Crippen LogP contribution is 2.29. The average Bonchev–Trinajstić information content (AvgIpc) is 3.17. The van der Waals surface area contributed by atoms with Crippen LogP contribution >= 0.6 is 0 Å². The molecule has 0 radical (unpaired) electrons. The number of hydrogen-bond acceptors (Lipinski definition) is 5. The molecular weight excluding hydrogens is 387 g/mol. The number of piperidine rings is 2. The molecule has 2 amide bonds. The zero-order valence-corrected chi connectivity index (χ0v) is 16.9. The summed E-state index contributed by atoms with van der Waals surface area (Å²) in [4.78, 5) is 26.6. The van der Waals surface area contributed by atoms with Crippen molar-refractivity contribution in [1.82, 2.24) is 25.2 Å². The predicted molar refractivity (Wildman–Crippen MR) is 108 cm³/mol. The van der Waals surface area contributed by atoms with Crippen LogP contribution < -0.4 is 11.1 Å². The summed E-state index contributed by atoms with van der Waals surface area (Å²) in [5, 5.41) is 11.9. The molecular formula is C21H27FN6O2. The van der Waals surface area contributed by atoms with E-state index >= 15 is 0 Å². The number of nitrogens with one attached hydrogen (secondary N) is 1. The van der Waals surface area contributed by atoms with Gasteiger partial charge in [-0.15, -0.1) is 5.10 Å². The van der Waals surface area contributed by atoms with Crippen molar-refractivity contribution in [1.29, 1.82) is 0 Å². The fourth-order valence-electron chi connectivity index (χ4n) is 4.44. The van der Waals surface area contributed by atoms with Gasteiger partial charge in [0.1, 0.15) is 5.82 Å². The first-order valence-electron chi connectivity index (χ1n) is 10.5. The lowest BCUT2D eigenvalue weighted by Crippen LogP contribution is -2.44. The Morgan fingerprint density at radius 1 is 1.23 bits per heavy atom. The van der Waals surface area contributed by atoms with E-state index in [-0.39, 0.29) is 29.5 Å². The van der Waals surface area contributed by atoms with Crippen molar-refractivity contribution in [2.45, 2.75) is 38.1 Å². The first-order chi connectivity index (χ1) is 14.5. The molecule has 2 aliphatic heterocycles. The van der Waals surface area contributed by atoms with Gasteiger partial charge in [-0.1, -0.05) is 17.3 Å². The van der Waals surface area contributed by atoms with Crippen LogP contribution in [-0.4, -0.2) is 57.9 Å². The summed E-state index contributed by atoms with van der Waals surface area (Å²) in [5.41, 5.74) is 7.37. The second kappa shape index (κ2) is 8.91. The maximum absolute atomic E-state index is 13.7. The first-order valence-corrected chi connectivity index (χ1v) is 10.5. The van der Waals surface area contributed by atoms with Crippen LogP contribution in [0.5, 0.6) is 0 Å². The van der Waals surface area contributed by atoms with Crippen LogP contribution in [0.3, 0.4) is 0 Å². The molecule has 2 aromatic rings. The van der Waals surface area contributed by atoms with E-state index in [1.165, 1.54) is 12.1 Å². The van der Waals surface area contributed by atoms with E-state index in [2.05, 4.69) is 15.6 Å². The van der Waals surface area contributed by atoms with Crippen LogP contribution in [0.25, 0.3) is 0 Å². The molecule has 160 valence electrons. The van der Waals surface area contributed by atoms with Crippen molar-refractivity contribution in [2.75, 3.05) is 26.2 Å². The number of rotatable bonds is 5. The molecule has 1 aromatic heterocycles. The Balaban J connectivity index is 1.64. The van der Waals surface area contributed by atoms with Crippen LogP contribution in [-0.2, 0) is 11.3 Å². The van der Waals surface area contributed by atoms with E-state index in [1.54, 1.807) is 15.6 Å². The van der Waals surface area contributed by atoms with Gasteiger partial charge in [-0.3, -0.25) is 9.59 Å². The lowest BCUT2D eigenvalue weighted by Gasteiger charge is -2.31. The van der Waals surface area contributed by atoms with E-state index in [1.807, 2.05) is 6.07 Å². The molecule has 4 rings (SSSR count). The highest BCUT2D eigenvalue weighted by atomic mass is 19.1. The zero-order chi connectivity index (χ0) is 21.1. The second-order valence-electron chi connectivity index (χ2n) is 8.13. The highest BCUT2D eigenvalue weighted by molar-refractivity contribution is 5.94. The molecule has 1 atom stereocenters. The molecule has 0 bridgehead atoms. The third-order valence-electron chi connectivity index (χ3n) is 6.03. The smallest absolute Gasteiger partial charge is 0.276 e. The standard InChI is InChI=1S/C21H27FN6O2/c22-17-5-1-3-14(11-17)12-28-19(15-6-8-24-9-7-15)18(25-26-28)21(30)27-10-2-4-16(13-27)20(23)29/h1,3,5,11,15-16,24H,2,4,6-10,12-13H2,(H2,23,29). The van der Waals surface area contributed by atoms with E-state index in [0.717, 1.165) is 43.6 Å². The molecule has 3 N–H and O–H groups in total. The molecule has 1 aromatic carbocycles. The molecule has 8 nitrogen and oxygen atoms in total. The number of carbonyl (C=O) groups excluding carboxylic acids is 2. The first kappa shape index (κ1) is 20.5. The molecule has 30 heavy (non-hydrogen) atoms. The van der Waals surface area contributed by atoms with Crippen molar-refractivity contribution in [2.24, 2.45) is 11.7 Å². The van der Waals surface area contributed by atoms with Gasteiger partial charge < -0.3 is 16.0 Å². The minimum Gasteiger partial charge on any atom is -0.369 e. The number of likely N-dealkylation sites (tertiary alicyclic amines) is 1. The number of aromatic nitrogens is 3. The summed E-state index contributed by atoms with van der Waals surface area (Å²) in [5.74, 6) is -1.07. The molecule has 9 heteroatoms. The summed E-state index contributed by atoms with van der Waals surface area (Å²) in [7, 11) is 0. The van der Waals surface area contributed by atoms with E-state index < -0.39 is 0 Å². The van der Waals surface area contributed by atoms with Gasteiger partial charge in [0.15, 0.2) is 5.69 Å². The van der Waals surface area contributed by atoms with Crippen LogP contribution in [0.4, 0.5) is 4.39 Å². The van der Waals surface area contributed by atoms with Crippen LogP contribution in [0.15, 0.2) is 24.3 Å². The van der Waals surface area contributed by atoms with Gasteiger partial charge in [0.05, 0.1) is 18.2 Å². The summed E-state index contributed by atoms with van der Waals surface area (Å²) in [6.07, 6.45) is 3.19. The van der Waals surface area contributed by atoms with Crippen LogP contribution in [0, 0.1) is 11.7 Å². The number of nitrogens with zero attached hydrogens (tertiary/aromatic N) is 4. The number of carbonyl (C=O) groups is 2. The Hall–Kier alpha value is -2.81. The normalized spacial score (nSPS) is 20.3. The van der Waals surface area contributed by atoms with Gasteiger partial charge in [-0.2, -0.15) is 0 Å². The summed E-state index contributed by atoms with van der Waals surface area (Å²) < 4.78 is 15.4. The molecule has 0 spiro atoms. The lowest BCUT2D eigenvalue weighted by atomic mass is 9.92. The van der Waals surface area contributed by atoms with Gasteiger partial charge >= 0.3 is 0 Å². The molecule has 2 fully saturated rings. The molecule has 0 saturated carbocycles. The van der Waals surface area contributed by atoms with Crippen molar-refractivity contribution in [3.05, 3.63) is 47.0 Å². The maximum Gasteiger partial charge on any atom is 0.276 e. The number of halogens is 1. The minimum absolute atomic E-state index is 0.144. The van der Waals surface area contributed by atoms with Gasteiger partial charge in [0.25, 0.3) is 5.91 Å². The topological polar surface area (TPSA) is 106 Å². The third kappa shape index (κ3) is 4.35. The van der Waals surface area contributed by atoms with Gasteiger partial charge in [-0.05, 0) is 56.5 Å². The van der Waals surface area contributed by atoms with Crippen molar-refractivity contribution in [3.8, 4) is 0 Å². The van der Waals surface area contributed by atoms with Gasteiger partial charge in [0, 0.05) is 19.0 Å². The third-order valence-corrected chi connectivity index (χ3v) is 6.03. The van der Waals surface area contributed by atoms with Crippen LogP contribution in [0.2, 0.25) is 0 Å². The van der Waals surface area contributed by atoms with Crippen molar-refractivity contribution >= 4 is 11.8 Å². The average molecular weight is 414 g/mol. The number of nitrogens with two attached hydrogens (primary N) is 1. The SMILES string of the molecule is NC(=O)C1CCCN(C(=O)c2nnn(Cc3cccc(F)c3)c2C2CCNCC2)C1. The Kier molecular flexibility index (Phi) is 6.08. The Morgan fingerprint density at radius 2 is 2.03 bits per heavy atom. The van der Waals surface area contributed by atoms with Crippen molar-refractivity contribution < 1.29 is 14.0 Å². The zero-order valence-electron chi connectivity index (χ0n) is 16.9. The lowest BCUT2D eigenvalue weighted by molar-refractivity contribution is -0.123. The molecule has 2 saturated heterocycles. The molecule has 1 unspecified atom stereocenters. The van der Waals surface area contributed by atoms with Crippen molar-refractivity contribution in [3.63, 3.8) is 0 Å². The molecule has 3 heterocycles. The fourth-order valence-corrected chi connectivity index (χ4v) is 4.44. The van der Waals surface area contributed by atoms with E-state index in [0.29, 0.717) is 31.7 Å².